The molecule has 8 bridgehead atoms. The van der Waals surface area contributed by atoms with E-state index < -0.39 is 138 Å². The predicted molar refractivity (Wildman–Crippen MR) is 448 cm³/mol. The maximum atomic E-state index is 14.8. The monoisotopic (exact) mass is 1700 g/mol. The Kier molecular flexibility index (Phi) is 30.7. The smallest absolute Gasteiger partial charge is 0.426 e. The highest BCUT2D eigenvalue weighted by Gasteiger charge is 2.51. The number of aliphatic carboxylic acids is 2. The van der Waals surface area contributed by atoms with Gasteiger partial charge in [-0.05, 0) is 136 Å². The van der Waals surface area contributed by atoms with E-state index in [0.29, 0.717) is 104 Å². The number of esters is 1. The number of carbonyl (C=O) groups is 12. The van der Waals surface area contributed by atoms with Crippen LogP contribution in [0.25, 0.3) is 23.3 Å². The minimum absolute atomic E-state index is 0.000742. The predicted octanol–water partition coefficient (Wildman–Crippen LogP) is 7.85. The zero-order valence-electron chi connectivity index (χ0n) is 66.2. The lowest BCUT2D eigenvalue weighted by Crippen LogP contribution is -2.53. The second-order valence-electron chi connectivity index (χ2n) is 29.0. The number of hydrogen-bond acceptors (Lipinski definition) is 25. The van der Waals surface area contributed by atoms with Gasteiger partial charge in [-0.1, -0.05) is 54.5 Å². The molecule has 10 rings (SSSR count). The summed E-state index contributed by atoms with van der Waals surface area (Å²) in [6.07, 6.45) is 5.05. The number of benzene rings is 2. The quantitative estimate of drug-likeness (QED) is 0.00340. The van der Waals surface area contributed by atoms with Crippen LogP contribution in [0.4, 0.5) is 22.1 Å². The van der Waals surface area contributed by atoms with Gasteiger partial charge in [-0.15, -0.1) is 23.2 Å². The summed E-state index contributed by atoms with van der Waals surface area (Å²) in [7, 11) is 3.27. The van der Waals surface area contributed by atoms with Gasteiger partial charge in [-0.3, -0.25) is 68.3 Å². The molecule has 0 saturated carbocycles. The summed E-state index contributed by atoms with van der Waals surface area (Å²) in [6, 6.07) is 8.71. The maximum Gasteiger partial charge on any atom is 0.426 e. The van der Waals surface area contributed by atoms with Crippen molar-refractivity contribution in [2.75, 3.05) is 72.6 Å². The normalized spacial score (nSPS) is 18.2. The first-order valence-corrected chi connectivity index (χ1v) is 42.0. The van der Waals surface area contributed by atoms with Gasteiger partial charge in [-0.25, -0.2) is 29.8 Å². The number of hydrazine groups is 1. The van der Waals surface area contributed by atoms with Gasteiger partial charge in [0.2, 0.25) is 23.7 Å². The number of hydrogen-bond donors (Lipinski definition) is 12. The van der Waals surface area contributed by atoms with Crippen molar-refractivity contribution in [1.82, 2.24) is 57.0 Å². The van der Waals surface area contributed by atoms with Crippen LogP contribution in [-0.2, 0) is 65.6 Å². The van der Waals surface area contributed by atoms with Crippen molar-refractivity contribution in [2.24, 2.45) is 45.5 Å². The fourth-order valence-corrected chi connectivity index (χ4v) is 17.4. The summed E-state index contributed by atoms with van der Waals surface area (Å²) < 4.78 is 10.7. The van der Waals surface area contributed by atoms with Crippen molar-refractivity contribution in [3.8, 4) is 0 Å². The second-order valence-corrected chi connectivity index (χ2v) is 32.4. The molecule has 2 aromatic carbocycles. The van der Waals surface area contributed by atoms with Crippen molar-refractivity contribution in [3.05, 3.63) is 150 Å². The first-order chi connectivity index (χ1) is 56.4. The number of nitrogens with two attached hydrogens (primary N) is 1. The number of nitrogen functional groups attached to an aromatic ring is 1. The highest BCUT2D eigenvalue weighted by molar-refractivity contribution is 8.76. The van der Waals surface area contributed by atoms with E-state index in [4.69, 9.17) is 48.4 Å². The number of amides is 6. The van der Waals surface area contributed by atoms with E-state index in [0.717, 1.165) is 50.7 Å². The number of alkyl halides is 2. The Hall–Kier alpha value is -11.3. The third-order valence-corrected chi connectivity index (χ3v) is 23.9. The summed E-state index contributed by atoms with van der Waals surface area (Å²) in [5.41, 5.74) is 20.1. The number of nitrogens with zero attached hydrogens (tertiary/aromatic N) is 6. The van der Waals surface area contributed by atoms with E-state index in [1.54, 1.807) is 31.2 Å². The third kappa shape index (κ3) is 21.7. The lowest BCUT2D eigenvalue weighted by Gasteiger charge is -2.24. The molecule has 0 spiro atoms. The Bertz CT molecular complexity index is 5070. The van der Waals surface area contributed by atoms with Crippen LogP contribution in [0.2, 0.25) is 0 Å². The molecule has 3 aliphatic heterocycles. The number of aliphatic imine (C=N–C) groups is 2. The maximum absolute atomic E-state index is 14.8. The van der Waals surface area contributed by atoms with Gasteiger partial charge in [0.1, 0.15) is 36.4 Å². The standard InChI is InChI=1S/C81H94Cl2N16O17S2/c1-9-52-40(4)56-35-60-65(43(7)100)42(6)58(90-60)34-57-41(5)53(69(92-57)67-54-31-46(32-59(52)89-56)39(3)66(54)71(104)68(67)79(113)115-8)20-22-63(102)91-61(29-44-11-17-50(18-12-44)99(25-23-82)26-24-83)75(107)97-98-81(114)116-27-28-117-118-38-62(78(111)112)94-74(106)47(33-64(103)85-10-2)30-51(101)19-21-55(77(109)110)93-73(105)45-13-15-48(16-14-45)86-36-49-37-87-72-70(88-49)76(108)96-80(84)95-72/h11-18,32,34-35,37,40-41,47,52-53,55,61-62,68,86,90H,9-10,19-31,33,36,38H2,1-8H3,(H,85,103)(H,91,102)(H,93,105)(H,94,106)(H,97,107)(H,98,114)(H,109,110)(H,111,112)(H3,84,87,95,96,108)/t40-,41+,47+,52-,53+,55+,61?,62+,68?/m1/s1. The molecule has 626 valence electrons. The van der Waals surface area contributed by atoms with Gasteiger partial charge in [0.05, 0.1) is 37.2 Å². The number of nitrogens with one attached hydrogen (secondary N) is 9. The number of anilines is 3. The number of allylic oxidation sites excluding steroid dienone is 7. The molecule has 3 aromatic heterocycles. The third-order valence-electron chi connectivity index (χ3n) is 21.2. The molecule has 5 aliphatic rings. The van der Waals surface area contributed by atoms with Gasteiger partial charge in [0.25, 0.3) is 17.4 Å². The lowest BCUT2D eigenvalue weighted by atomic mass is 9.80. The van der Waals surface area contributed by atoms with Crippen LogP contribution in [0, 0.1) is 42.4 Å². The van der Waals surface area contributed by atoms with Crippen molar-refractivity contribution < 1.29 is 77.2 Å². The Morgan fingerprint density at radius 3 is 2.14 bits per heavy atom. The first kappa shape index (κ1) is 89.1. The Morgan fingerprint density at radius 2 is 1.47 bits per heavy atom. The Morgan fingerprint density at radius 1 is 0.771 bits per heavy atom. The SMILES string of the molecule is CCNC(=O)C[C@H](CC(=O)CC[C@H](NC(=O)c1ccc(NCc2cnc3nc(N)[nH]c(=O)c3n2)cc1)C(=O)O)C(=O)N[C@@H](CSSCCOC(=O)NNC(=O)C(Cc1ccc(N(CCCl)CCCl)cc1)NC(=O)CC[C@@H]1C2=NC(=Cc3[nH]c(c(C(C)=O)c3C)C=C3N=C(C=C4CC5=C2C(C(=O)OC)C(=O)C5=C4C)[C@H](CC)[C@H]3C)[C@H]1C)C(=O)O. The van der Waals surface area contributed by atoms with E-state index in [2.05, 4.69) is 76.2 Å². The molecule has 5 aromatic rings. The summed E-state index contributed by atoms with van der Waals surface area (Å²) in [6.45, 7) is 14.0. The van der Waals surface area contributed by atoms with Gasteiger partial charge in [0.15, 0.2) is 22.7 Å². The van der Waals surface area contributed by atoms with Crippen molar-refractivity contribution in [1.29, 1.82) is 0 Å². The molecule has 37 heteroatoms. The average Bonchev–Trinajstić information content (AvgIpc) is 1.56. The van der Waals surface area contributed by atoms with E-state index in [-0.39, 0.29) is 90.8 Å². The van der Waals surface area contributed by atoms with E-state index in [1.807, 2.05) is 56.0 Å². The molecule has 0 radical (unpaired) electrons. The summed E-state index contributed by atoms with van der Waals surface area (Å²) >= 11 is 12.3. The van der Waals surface area contributed by atoms with Crippen LogP contribution in [-0.4, -0.2) is 192 Å². The largest absolute Gasteiger partial charge is 0.480 e. The molecule has 118 heavy (non-hydrogen) atoms. The number of aromatic amines is 2. The molecule has 2 aliphatic carbocycles. The number of methoxy groups -OCH3 is 1. The number of carboxylic acids is 2. The molecular formula is C81H94Cl2N16O17S2. The number of ketones is 3. The van der Waals surface area contributed by atoms with Crippen LogP contribution < -0.4 is 53.6 Å². The second kappa shape index (κ2) is 40.7. The van der Waals surface area contributed by atoms with E-state index in [1.165, 1.54) is 32.4 Å². The molecular weight excluding hydrogens is 1600 g/mol. The zero-order chi connectivity index (χ0) is 85.3. The first-order valence-electron chi connectivity index (χ1n) is 38.5. The number of halogens is 2. The highest BCUT2D eigenvalue weighted by atomic mass is 35.5. The van der Waals surface area contributed by atoms with Crippen molar-refractivity contribution in [2.45, 2.75) is 131 Å². The topological polar surface area (TPSA) is 489 Å². The Labute approximate surface area is 696 Å². The van der Waals surface area contributed by atoms with Gasteiger partial charge in [-0.2, -0.15) is 4.98 Å². The molecule has 6 amide bonds. The summed E-state index contributed by atoms with van der Waals surface area (Å²) in [5.74, 6) is -12.1. The molecule has 9 atom stereocenters. The zero-order valence-corrected chi connectivity index (χ0v) is 69.3. The van der Waals surface area contributed by atoms with Crippen molar-refractivity contribution in [3.63, 3.8) is 0 Å². The van der Waals surface area contributed by atoms with Crippen LogP contribution in [0.3, 0.4) is 0 Å². The summed E-state index contributed by atoms with van der Waals surface area (Å²) in [5, 5.41) is 33.5. The van der Waals surface area contributed by atoms with Gasteiger partial charge in [0, 0.05) is 161 Å². The lowest BCUT2D eigenvalue weighted by molar-refractivity contribution is -0.146. The van der Waals surface area contributed by atoms with Gasteiger partial charge < -0.3 is 61.9 Å². The average molecular weight is 1700 g/mol. The number of Topliss-reactive ketones (excluding diaryl/α,β-unsaturated/α-hetero) is 3. The molecule has 33 nitrogen and oxygen atoms in total. The van der Waals surface area contributed by atoms with E-state index in [9.17, 15) is 72.5 Å². The fourth-order valence-electron chi connectivity index (χ4n) is 15.1. The number of rotatable bonds is 38. The van der Waals surface area contributed by atoms with Crippen LogP contribution in [0.15, 0.2) is 115 Å². The minimum atomic E-state index is -1.56. The molecule has 0 saturated heterocycles. The van der Waals surface area contributed by atoms with Crippen molar-refractivity contribution >= 4 is 168 Å². The number of ether oxygens (including phenoxy) is 2. The highest BCUT2D eigenvalue weighted by Crippen LogP contribution is 2.51. The number of carboxylic acid groups (broad SMARTS) is 2. The number of H-pyrrole nitrogens is 2. The van der Waals surface area contributed by atoms with Crippen LogP contribution >= 0.6 is 44.8 Å². The molecule has 13 N–H and O–H groups in total. The van der Waals surface area contributed by atoms with E-state index >= 15 is 0 Å². The van der Waals surface area contributed by atoms with Gasteiger partial charge >= 0.3 is 24.0 Å². The van der Waals surface area contributed by atoms with Crippen LogP contribution in [0.1, 0.15) is 142 Å². The van der Waals surface area contributed by atoms with Crippen LogP contribution in [0.5, 0.6) is 0 Å². The summed E-state index contributed by atoms with van der Waals surface area (Å²) in [4.78, 5) is 206. The molecule has 2 unspecified atom stereocenters. The number of carbonyl (C=O) groups excluding carboxylic acids is 10. The fraction of sp³-hybridized carbons (Fsp3) is 0.432. The Balaban J connectivity index is 0.747. The number of fused-ring (bicyclic) bond motifs is 7. The molecule has 6 heterocycles. The minimum Gasteiger partial charge on any atom is -0.480 e. The molecule has 0 fully saturated rings. The number of aromatic nitrogens is 5.